The number of sulfonamides is 1. The molecule has 1 atom stereocenters. The third-order valence-corrected chi connectivity index (χ3v) is 7.29. The van der Waals surface area contributed by atoms with E-state index in [4.69, 9.17) is 9.15 Å². The summed E-state index contributed by atoms with van der Waals surface area (Å²) < 4.78 is 37.3. The Morgan fingerprint density at radius 1 is 0.941 bits per heavy atom. The summed E-state index contributed by atoms with van der Waals surface area (Å²) in [6.07, 6.45) is 1.65. The first-order valence-corrected chi connectivity index (χ1v) is 12.2. The molecule has 34 heavy (non-hydrogen) atoms. The predicted molar refractivity (Wildman–Crippen MR) is 125 cm³/mol. The van der Waals surface area contributed by atoms with Gasteiger partial charge >= 0.3 is 0 Å². The number of nitrogens with one attached hydrogen (secondary N) is 2. The van der Waals surface area contributed by atoms with Crippen LogP contribution in [-0.4, -0.2) is 56.9 Å². The van der Waals surface area contributed by atoms with Crippen molar-refractivity contribution in [2.75, 3.05) is 31.6 Å². The van der Waals surface area contributed by atoms with Gasteiger partial charge in [0.25, 0.3) is 5.91 Å². The number of ether oxygens (including phenoxy) is 1. The molecule has 1 aliphatic heterocycles. The van der Waals surface area contributed by atoms with Gasteiger partial charge in [0.1, 0.15) is 6.04 Å². The molecular formula is C24H25N3O6S. The summed E-state index contributed by atoms with van der Waals surface area (Å²) >= 11 is 0. The molecule has 1 aromatic heterocycles. The fraction of sp³-hybridized carbons (Fsp3) is 0.250. The quantitative estimate of drug-likeness (QED) is 0.508. The van der Waals surface area contributed by atoms with E-state index in [1.807, 2.05) is 30.3 Å². The van der Waals surface area contributed by atoms with Crippen molar-refractivity contribution in [3.05, 3.63) is 84.3 Å². The minimum Gasteiger partial charge on any atom is -0.459 e. The number of hydrogen-bond acceptors (Lipinski definition) is 6. The molecule has 1 aliphatic rings. The van der Waals surface area contributed by atoms with Crippen molar-refractivity contribution in [2.45, 2.75) is 17.4 Å². The Labute approximate surface area is 197 Å². The molecule has 0 radical (unpaired) electrons. The van der Waals surface area contributed by atoms with Crippen LogP contribution < -0.4 is 10.6 Å². The summed E-state index contributed by atoms with van der Waals surface area (Å²) in [5.74, 6) is -0.843. The molecule has 2 heterocycles. The Hall–Kier alpha value is -3.47. The number of rotatable bonds is 8. The summed E-state index contributed by atoms with van der Waals surface area (Å²) in [6, 6.07) is 17.5. The zero-order valence-electron chi connectivity index (χ0n) is 18.3. The fourth-order valence-corrected chi connectivity index (χ4v) is 4.98. The topological polar surface area (TPSA) is 118 Å². The van der Waals surface area contributed by atoms with Gasteiger partial charge in [-0.2, -0.15) is 4.31 Å². The van der Waals surface area contributed by atoms with Gasteiger partial charge in [-0.15, -0.1) is 0 Å². The molecule has 2 aromatic carbocycles. The molecule has 9 nitrogen and oxygen atoms in total. The van der Waals surface area contributed by atoms with Crippen LogP contribution in [0, 0.1) is 0 Å². The maximum absolute atomic E-state index is 13.1. The summed E-state index contributed by atoms with van der Waals surface area (Å²) in [5.41, 5.74) is 1.28. The maximum Gasteiger partial charge on any atom is 0.287 e. The molecule has 0 saturated carbocycles. The van der Waals surface area contributed by atoms with E-state index >= 15 is 0 Å². The van der Waals surface area contributed by atoms with Crippen molar-refractivity contribution >= 4 is 27.5 Å². The first-order chi connectivity index (χ1) is 16.4. The van der Waals surface area contributed by atoms with E-state index in [0.717, 1.165) is 5.56 Å². The number of nitrogens with zero attached hydrogens (tertiary/aromatic N) is 1. The summed E-state index contributed by atoms with van der Waals surface area (Å²) in [6.45, 7) is 1.33. The van der Waals surface area contributed by atoms with Gasteiger partial charge in [-0.05, 0) is 42.0 Å². The Morgan fingerprint density at radius 2 is 1.65 bits per heavy atom. The van der Waals surface area contributed by atoms with Crippen LogP contribution >= 0.6 is 0 Å². The molecule has 2 N–H and O–H groups in total. The second-order valence-electron chi connectivity index (χ2n) is 7.72. The molecule has 0 bridgehead atoms. The smallest absolute Gasteiger partial charge is 0.287 e. The minimum absolute atomic E-state index is 0.100. The Bertz CT molecular complexity index is 1210. The van der Waals surface area contributed by atoms with E-state index in [-0.39, 0.29) is 17.1 Å². The molecule has 0 aliphatic carbocycles. The standard InChI is InChI=1S/C24H25N3O6S/c28-23(21(17-18-5-2-1-3-6-18)26-24(29)22-7-4-14-33-22)25-19-8-10-20(11-9-19)34(30,31)27-12-15-32-16-13-27/h1-11,14,21H,12-13,15-17H2,(H,25,28)(H,26,29)/t21-/m1/s1. The number of amides is 2. The lowest BCUT2D eigenvalue weighted by atomic mass is 10.0. The Morgan fingerprint density at radius 3 is 2.29 bits per heavy atom. The summed E-state index contributed by atoms with van der Waals surface area (Å²) in [4.78, 5) is 25.7. The monoisotopic (exact) mass is 483 g/mol. The van der Waals surface area contributed by atoms with Crippen molar-refractivity contribution in [1.29, 1.82) is 0 Å². The lowest BCUT2D eigenvalue weighted by Gasteiger charge is -2.26. The highest BCUT2D eigenvalue weighted by atomic mass is 32.2. The number of hydrogen-bond donors (Lipinski definition) is 2. The number of furan rings is 1. The van der Waals surface area contributed by atoms with Crippen LogP contribution in [-0.2, 0) is 26.0 Å². The van der Waals surface area contributed by atoms with E-state index < -0.39 is 27.9 Å². The van der Waals surface area contributed by atoms with E-state index in [1.54, 1.807) is 6.07 Å². The third kappa shape index (κ3) is 5.71. The number of morpholine rings is 1. The van der Waals surface area contributed by atoms with Crippen LogP contribution in [0.25, 0.3) is 0 Å². The van der Waals surface area contributed by atoms with Gasteiger partial charge in [0.15, 0.2) is 5.76 Å². The second kappa shape index (κ2) is 10.6. The normalized spacial score (nSPS) is 15.4. The third-order valence-electron chi connectivity index (χ3n) is 5.38. The SMILES string of the molecule is O=C(N[C@H](Cc1ccccc1)C(=O)Nc1ccc(S(=O)(=O)N2CCOCC2)cc1)c1ccco1. The highest BCUT2D eigenvalue weighted by molar-refractivity contribution is 7.89. The average Bonchev–Trinajstić information content (AvgIpc) is 3.40. The highest BCUT2D eigenvalue weighted by Gasteiger charge is 2.27. The number of anilines is 1. The van der Waals surface area contributed by atoms with Gasteiger partial charge < -0.3 is 19.8 Å². The first-order valence-electron chi connectivity index (χ1n) is 10.8. The van der Waals surface area contributed by atoms with Crippen molar-refractivity contribution < 1.29 is 27.2 Å². The molecule has 0 unspecified atom stereocenters. The molecular weight excluding hydrogens is 458 g/mol. The number of benzene rings is 2. The van der Waals surface area contributed by atoms with Gasteiger partial charge in [0, 0.05) is 25.2 Å². The molecule has 0 spiro atoms. The molecule has 1 fully saturated rings. The zero-order chi connectivity index (χ0) is 24.0. The summed E-state index contributed by atoms with van der Waals surface area (Å²) in [7, 11) is -3.63. The highest BCUT2D eigenvalue weighted by Crippen LogP contribution is 2.20. The Balaban J connectivity index is 1.47. The van der Waals surface area contributed by atoms with Gasteiger partial charge in [-0.1, -0.05) is 30.3 Å². The lowest BCUT2D eigenvalue weighted by molar-refractivity contribution is -0.118. The number of carbonyl (C=O) groups is 2. The molecule has 178 valence electrons. The van der Waals surface area contributed by atoms with E-state index in [1.165, 1.54) is 40.9 Å². The van der Waals surface area contributed by atoms with E-state index in [0.29, 0.717) is 32.0 Å². The fourth-order valence-electron chi connectivity index (χ4n) is 3.57. The van der Waals surface area contributed by atoms with Crippen molar-refractivity contribution in [3.63, 3.8) is 0 Å². The van der Waals surface area contributed by atoms with Crippen molar-refractivity contribution in [3.8, 4) is 0 Å². The van der Waals surface area contributed by atoms with E-state index in [9.17, 15) is 18.0 Å². The van der Waals surface area contributed by atoms with Gasteiger partial charge in [0.05, 0.1) is 24.4 Å². The maximum atomic E-state index is 13.1. The van der Waals surface area contributed by atoms with Crippen LogP contribution in [0.1, 0.15) is 16.1 Å². The zero-order valence-corrected chi connectivity index (χ0v) is 19.2. The minimum atomic E-state index is -3.63. The summed E-state index contributed by atoms with van der Waals surface area (Å²) in [5, 5.41) is 5.47. The molecule has 10 heteroatoms. The molecule has 3 aromatic rings. The van der Waals surface area contributed by atoms with Gasteiger partial charge in [-0.3, -0.25) is 9.59 Å². The number of carbonyl (C=O) groups excluding carboxylic acids is 2. The van der Waals surface area contributed by atoms with Crippen molar-refractivity contribution in [1.82, 2.24) is 9.62 Å². The van der Waals surface area contributed by atoms with Crippen molar-refractivity contribution in [2.24, 2.45) is 0 Å². The van der Waals surface area contributed by atoms with Crippen LogP contribution in [0.15, 0.2) is 82.3 Å². The first kappa shape index (κ1) is 23.7. The van der Waals surface area contributed by atoms with Crippen LogP contribution in [0.3, 0.4) is 0 Å². The lowest BCUT2D eigenvalue weighted by Crippen LogP contribution is -2.45. The molecule has 1 saturated heterocycles. The van der Waals surface area contributed by atoms with Crippen LogP contribution in [0.5, 0.6) is 0 Å². The molecule has 2 amide bonds. The van der Waals surface area contributed by atoms with E-state index in [2.05, 4.69) is 10.6 Å². The predicted octanol–water partition coefficient (Wildman–Crippen LogP) is 2.28. The molecule has 4 rings (SSSR count). The van der Waals surface area contributed by atoms with Gasteiger partial charge in [0.2, 0.25) is 15.9 Å². The largest absolute Gasteiger partial charge is 0.459 e. The van der Waals surface area contributed by atoms with Crippen LogP contribution in [0.4, 0.5) is 5.69 Å². The average molecular weight is 484 g/mol. The van der Waals surface area contributed by atoms with Gasteiger partial charge in [-0.25, -0.2) is 8.42 Å². The Kier molecular flexibility index (Phi) is 7.41. The second-order valence-corrected chi connectivity index (χ2v) is 9.66. The van der Waals surface area contributed by atoms with Crippen LogP contribution in [0.2, 0.25) is 0 Å².